The van der Waals surface area contributed by atoms with E-state index in [1.807, 2.05) is 31.2 Å². The first-order valence-electron chi connectivity index (χ1n) is 6.91. The number of carbonyl (C=O) groups excluding carboxylic acids is 1. The first kappa shape index (κ1) is 14.0. The van der Waals surface area contributed by atoms with E-state index in [-0.39, 0.29) is 17.9 Å². The van der Waals surface area contributed by atoms with Crippen molar-refractivity contribution in [2.24, 2.45) is 11.7 Å². The van der Waals surface area contributed by atoms with Gasteiger partial charge in [-0.25, -0.2) is 0 Å². The zero-order valence-electron chi connectivity index (χ0n) is 11.3. The summed E-state index contributed by atoms with van der Waals surface area (Å²) in [5, 5.41) is 13.0. The van der Waals surface area contributed by atoms with Gasteiger partial charge in [-0.2, -0.15) is 0 Å². The predicted molar refractivity (Wildman–Crippen MR) is 74.5 cm³/mol. The number of amides is 1. The van der Waals surface area contributed by atoms with Gasteiger partial charge in [0, 0.05) is 12.8 Å². The fraction of sp³-hybridized carbons (Fsp3) is 0.533. The minimum absolute atomic E-state index is 0.0296. The maximum atomic E-state index is 12.0. The average Bonchev–Trinajstić information content (AvgIpc) is 2.72. The zero-order chi connectivity index (χ0) is 13.8. The van der Waals surface area contributed by atoms with Gasteiger partial charge in [0.2, 0.25) is 5.91 Å². The molecule has 1 aromatic carbocycles. The van der Waals surface area contributed by atoms with Gasteiger partial charge in [0.25, 0.3) is 0 Å². The minimum Gasteiger partial charge on any atom is -0.390 e. The highest BCUT2D eigenvalue weighted by atomic mass is 16.3. The molecule has 0 aromatic heterocycles. The maximum absolute atomic E-state index is 12.0. The zero-order valence-corrected chi connectivity index (χ0v) is 11.3. The Bertz CT molecular complexity index is 444. The molecule has 0 fully saturated rings. The number of aliphatic hydroxyl groups excluding tert-OH is 1. The lowest BCUT2D eigenvalue weighted by atomic mass is 10.0. The third-order valence-electron chi connectivity index (χ3n) is 3.91. The molecule has 1 aliphatic rings. The Hall–Kier alpha value is -1.39. The predicted octanol–water partition coefficient (Wildman–Crippen LogP) is 1.14. The summed E-state index contributed by atoms with van der Waals surface area (Å²) in [6, 6.07) is 7.58. The largest absolute Gasteiger partial charge is 0.390 e. The molecule has 1 aromatic rings. The Morgan fingerprint density at radius 2 is 2.26 bits per heavy atom. The van der Waals surface area contributed by atoms with Crippen LogP contribution in [0, 0.1) is 5.92 Å². The first-order chi connectivity index (χ1) is 9.15. The first-order valence-corrected chi connectivity index (χ1v) is 6.91. The van der Waals surface area contributed by atoms with Crippen molar-refractivity contribution in [2.75, 3.05) is 6.54 Å². The van der Waals surface area contributed by atoms with Crippen LogP contribution < -0.4 is 11.1 Å². The molecule has 0 spiro atoms. The van der Waals surface area contributed by atoms with Crippen LogP contribution >= 0.6 is 0 Å². The quantitative estimate of drug-likeness (QED) is 0.744. The van der Waals surface area contributed by atoms with E-state index in [9.17, 15) is 9.90 Å². The van der Waals surface area contributed by atoms with Gasteiger partial charge in [-0.3, -0.25) is 4.79 Å². The van der Waals surface area contributed by atoms with Crippen molar-refractivity contribution >= 4 is 5.91 Å². The van der Waals surface area contributed by atoms with E-state index in [1.165, 1.54) is 0 Å². The van der Waals surface area contributed by atoms with Gasteiger partial charge in [-0.05, 0) is 23.6 Å². The monoisotopic (exact) mass is 262 g/mol. The molecule has 4 heteroatoms. The normalized spacial score (nSPS) is 22.9. The average molecular weight is 262 g/mol. The van der Waals surface area contributed by atoms with Crippen molar-refractivity contribution < 1.29 is 9.90 Å². The summed E-state index contributed by atoms with van der Waals surface area (Å²) in [7, 11) is 0. The molecule has 1 amide bonds. The van der Waals surface area contributed by atoms with E-state index in [0.717, 1.165) is 17.5 Å². The lowest BCUT2D eigenvalue weighted by Crippen LogP contribution is -2.35. The summed E-state index contributed by atoms with van der Waals surface area (Å²) in [4.78, 5) is 12.0. The number of hydrogen-bond acceptors (Lipinski definition) is 3. The molecule has 1 aliphatic carbocycles. The molecule has 19 heavy (non-hydrogen) atoms. The van der Waals surface area contributed by atoms with Crippen LogP contribution in [0.4, 0.5) is 0 Å². The number of hydrogen-bond donors (Lipinski definition) is 3. The standard InChI is InChI=1S/C15H22N2O2/c1-2-10(9-16)7-14(19)17-15-12-6-4-3-5-11(12)8-13(15)18/h3-6,10,13,15,18H,2,7-9,16H2,1H3,(H,17,19)/t10?,13-,15+/m0/s1. The Balaban J connectivity index is 2.01. The Morgan fingerprint density at radius 3 is 2.95 bits per heavy atom. The summed E-state index contributed by atoms with van der Waals surface area (Å²) in [5.74, 6) is 0.187. The van der Waals surface area contributed by atoms with E-state index in [1.54, 1.807) is 0 Å². The second kappa shape index (κ2) is 6.17. The summed E-state index contributed by atoms with van der Waals surface area (Å²) in [6.07, 6.45) is 1.40. The van der Waals surface area contributed by atoms with Crippen LogP contribution in [0.2, 0.25) is 0 Å². The molecule has 0 bridgehead atoms. The molecular formula is C15H22N2O2. The molecule has 0 saturated carbocycles. The SMILES string of the molecule is CCC(CN)CC(=O)N[C@@H]1c2ccccc2C[C@@H]1O. The molecule has 0 heterocycles. The smallest absolute Gasteiger partial charge is 0.220 e. The van der Waals surface area contributed by atoms with Crippen LogP contribution in [-0.4, -0.2) is 23.7 Å². The van der Waals surface area contributed by atoms with Gasteiger partial charge < -0.3 is 16.2 Å². The fourth-order valence-electron chi connectivity index (χ4n) is 2.64. The highest BCUT2D eigenvalue weighted by molar-refractivity contribution is 5.77. The number of aliphatic hydroxyl groups is 1. The third kappa shape index (κ3) is 3.14. The number of nitrogens with two attached hydrogens (primary N) is 1. The highest BCUT2D eigenvalue weighted by Gasteiger charge is 2.31. The van der Waals surface area contributed by atoms with Crippen molar-refractivity contribution in [1.82, 2.24) is 5.32 Å². The Morgan fingerprint density at radius 1 is 1.53 bits per heavy atom. The molecular weight excluding hydrogens is 240 g/mol. The molecule has 104 valence electrons. The summed E-state index contributed by atoms with van der Waals surface area (Å²) in [6.45, 7) is 2.55. The molecule has 0 aliphatic heterocycles. The Labute approximate surface area is 114 Å². The molecule has 4 nitrogen and oxygen atoms in total. The summed E-state index contributed by atoms with van der Waals surface area (Å²) < 4.78 is 0. The second-order valence-corrected chi connectivity index (χ2v) is 5.23. The van der Waals surface area contributed by atoms with Gasteiger partial charge in [0.05, 0.1) is 12.1 Å². The molecule has 4 N–H and O–H groups in total. The van der Waals surface area contributed by atoms with Crippen molar-refractivity contribution in [3.05, 3.63) is 35.4 Å². The fourth-order valence-corrected chi connectivity index (χ4v) is 2.64. The number of carbonyl (C=O) groups is 1. The van der Waals surface area contributed by atoms with Crippen LogP contribution in [0.3, 0.4) is 0 Å². The second-order valence-electron chi connectivity index (χ2n) is 5.23. The molecule has 3 atom stereocenters. The minimum atomic E-state index is -0.528. The van der Waals surface area contributed by atoms with Gasteiger partial charge >= 0.3 is 0 Å². The van der Waals surface area contributed by atoms with Crippen LogP contribution in [0.25, 0.3) is 0 Å². The van der Waals surface area contributed by atoms with Crippen molar-refractivity contribution in [3.8, 4) is 0 Å². The molecule has 0 saturated heterocycles. The maximum Gasteiger partial charge on any atom is 0.220 e. The van der Waals surface area contributed by atoms with Crippen molar-refractivity contribution in [3.63, 3.8) is 0 Å². The van der Waals surface area contributed by atoms with Crippen LogP contribution in [0.5, 0.6) is 0 Å². The van der Waals surface area contributed by atoms with E-state index >= 15 is 0 Å². The third-order valence-corrected chi connectivity index (χ3v) is 3.91. The lowest BCUT2D eigenvalue weighted by molar-refractivity contribution is -0.123. The number of nitrogens with one attached hydrogen (secondary N) is 1. The van der Waals surface area contributed by atoms with E-state index in [0.29, 0.717) is 19.4 Å². The number of benzene rings is 1. The number of fused-ring (bicyclic) bond motifs is 1. The molecule has 2 rings (SSSR count). The molecule has 1 unspecified atom stereocenters. The van der Waals surface area contributed by atoms with Gasteiger partial charge in [0.1, 0.15) is 0 Å². The Kier molecular flexibility index (Phi) is 4.56. The van der Waals surface area contributed by atoms with Crippen molar-refractivity contribution in [2.45, 2.75) is 38.3 Å². The van der Waals surface area contributed by atoms with Crippen molar-refractivity contribution in [1.29, 1.82) is 0 Å². The van der Waals surface area contributed by atoms with Crippen LogP contribution in [0.15, 0.2) is 24.3 Å². The van der Waals surface area contributed by atoms with E-state index in [2.05, 4.69) is 5.32 Å². The summed E-state index contributed by atoms with van der Waals surface area (Å²) >= 11 is 0. The topological polar surface area (TPSA) is 75.4 Å². The van der Waals surface area contributed by atoms with E-state index < -0.39 is 6.10 Å². The summed E-state index contributed by atoms with van der Waals surface area (Å²) in [5.41, 5.74) is 7.76. The highest BCUT2D eigenvalue weighted by Crippen LogP contribution is 2.31. The van der Waals surface area contributed by atoms with Gasteiger partial charge in [-0.15, -0.1) is 0 Å². The van der Waals surface area contributed by atoms with Gasteiger partial charge in [0.15, 0.2) is 0 Å². The van der Waals surface area contributed by atoms with Crippen LogP contribution in [-0.2, 0) is 11.2 Å². The molecule has 0 radical (unpaired) electrons. The lowest BCUT2D eigenvalue weighted by Gasteiger charge is -2.19. The van der Waals surface area contributed by atoms with Crippen LogP contribution in [0.1, 0.15) is 36.9 Å². The van der Waals surface area contributed by atoms with Gasteiger partial charge in [-0.1, -0.05) is 37.6 Å². The number of rotatable bonds is 5. The van der Waals surface area contributed by atoms with E-state index in [4.69, 9.17) is 5.73 Å².